The number of primary sulfonamides is 1. The number of nitrogens with two attached hydrogens (primary N) is 1. The molecule has 0 bridgehead atoms. The van der Waals surface area contributed by atoms with Crippen LogP contribution in [-0.4, -0.2) is 40.2 Å². The Morgan fingerprint density at radius 1 is 1.33 bits per heavy atom. The molecule has 21 heavy (non-hydrogen) atoms. The zero-order valence-electron chi connectivity index (χ0n) is 10.8. The predicted octanol–water partition coefficient (Wildman–Crippen LogP) is 0.0225. The maximum atomic E-state index is 12.1. The molecule has 0 atom stereocenters. The van der Waals surface area contributed by atoms with Crippen molar-refractivity contribution in [2.45, 2.75) is 11.8 Å². The highest BCUT2D eigenvalue weighted by molar-refractivity contribution is 9.10. The molecule has 4 N–H and O–H groups in total. The lowest BCUT2D eigenvalue weighted by molar-refractivity contribution is 0.0696. The normalized spacial score (nSPS) is 12.3. The van der Waals surface area contributed by atoms with E-state index < -0.39 is 38.3 Å². The third-order valence-corrected chi connectivity index (χ3v) is 6.01. The van der Waals surface area contributed by atoms with E-state index in [-0.39, 0.29) is 14.9 Å². The summed E-state index contributed by atoms with van der Waals surface area (Å²) in [5, 5.41) is 13.7. The van der Waals surface area contributed by atoms with Gasteiger partial charge in [-0.3, -0.25) is 0 Å². The van der Waals surface area contributed by atoms with Crippen LogP contribution in [-0.2, 0) is 20.0 Å². The maximum Gasteiger partial charge on any atom is 0.335 e. The number of sulfonamides is 2. The number of hydrogen-bond donors (Lipinski definition) is 3. The molecule has 0 aromatic heterocycles. The molecule has 1 rings (SSSR count). The Labute approximate surface area is 130 Å². The lowest BCUT2D eigenvalue weighted by Crippen LogP contribution is -2.31. The first-order valence-corrected chi connectivity index (χ1v) is 9.47. The molecule has 0 amide bonds. The quantitative estimate of drug-likeness (QED) is 0.613. The highest BCUT2D eigenvalue weighted by Crippen LogP contribution is 2.27. The fourth-order valence-corrected chi connectivity index (χ4v) is 4.04. The van der Waals surface area contributed by atoms with Crippen LogP contribution in [0, 0.1) is 6.92 Å². The molecule has 0 unspecified atom stereocenters. The maximum absolute atomic E-state index is 12.1. The van der Waals surface area contributed by atoms with E-state index in [0.717, 1.165) is 6.07 Å². The third-order valence-electron chi connectivity index (χ3n) is 2.44. The second-order valence-corrected chi connectivity index (χ2v) is 8.44. The van der Waals surface area contributed by atoms with E-state index in [1.165, 1.54) is 6.07 Å². The molecule has 0 heterocycles. The molecule has 8 nitrogen and oxygen atoms in total. The molecule has 0 spiro atoms. The van der Waals surface area contributed by atoms with Gasteiger partial charge in [-0.2, -0.15) is 0 Å². The van der Waals surface area contributed by atoms with Gasteiger partial charge in [-0.25, -0.2) is 31.5 Å². The number of hydrogen-bond acceptors (Lipinski definition) is 5. The zero-order chi connectivity index (χ0) is 16.4. The Morgan fingerprint density at radius 2 is 1.90 bits per heavy atom. The predicted molar refractivity (Wildman–Crippen MR) is 79.0 cm³/mol. The number of carboxylic acid groups (broad SMARTS) is 1. The van der Waals surface area contributed by atoms with Crippen LogP contribution in [0.2, 0.25) is 0 Å². The Morgan fingerprint density at radius 3 is 2.38 bits per heavy atom. The summed E-state index contributed by atoms with van der Waals surface area (Å²) >= 11 is 3.08. The van der Waals surface area contributed by atoms with E-state index in [2.05, 4.69) is 20.7 Å². The van der Waals surface area contributed by atoms with Crippen LogP contribution in [0.5, 0.6) is 0 Å². The highest BCUT2D eigenvalue weighted by Gasteiger charge is 2.21. The van der Waals surface area contributed by atoms with Crippen LogP contribution in [0.25, 0.3) is 0 Å². The molecular formula is C10H13BrN2O6S2. The van der Waals surface area contributed by atoms with Crippen molar-refractivity contribution >= 4 is 41.9 Å². The van der Waals surface area contributed by atoms with E-state index in [0.29, 0.717) is 5.56 Å². The van der Waals surface area contributed by atoms with Crippen molar-refractivity contribution in [1.82, 2.24) is 4.72 Å². The molecule has 0 saturated carbocycles. The van der Waals surface area contributed by atoms with Gasteiger partial charge in [0.05, 0.1) is 16.2 Å². The van der Waals surface area contributed by atoms with Crippen molar-refractivity contribution in [2.75, 3.05) is 12.3 Å². The minimum absolute atomic E-state index is 0.192. The average molecular weight is 401 g/mol. The average Bonchev–Trinajstić information content (AvgIpc) is 2.29. The second-order valence-electron chi connectivity index (χ2n) is 4.18. The summed E-state index contributed by atoms with van der Waals surface area (Å²) in [7, 11) is -7.87. The first-order valence-electron chi connectivity index (χ1n) is 5.47. The van der Waals surface area contributed by atoms with Gasteiger partial charge in [0.25, 0.3) is 0 Å². The number of aryl methyl sites for hydroxylation is 1. The number of halogens is 1. The van der Waals surface area contributed by atoms with Gasteiger partial charge in [-0.05, 0) is 40.5 Å². The van der Waals surface area contributed by atoms with E-state index in [4.69, 9.17) is 10.2 Å². The fraction of sp³-hybridized carbons (Fsp3) is 0.300. The summed E-state index contributed by atoms with van der Waals surface area (Å²) in [5.41, 5.74) is 0.226. The third kappa shape index (κ3) is 5.04. The van der Waals surface area contributed by atoms with E-state index in [1.54, 1.807) is 6.92 Å². The lowest BCUT2D eigenvalue weighted by Gasteiger charge is -2.11. The number of benzene rings is 1. The molecular weight excluding hydrogens is 388 g/mol. The number of carboxylic acids is 1. The Bertz CT molecular complexity index is 773. The van der Waals surface area contributed by atoms with E-state index >= 15 is 0 Å². The molecule has 1 aromatic rings. The standard InChI is InChI=1S/C10H13BrN2O6S2/c1-6-4-7(10(14)15)5-8(9(6)11)21(18,19)13-2-3-20(12,16)17/h4-5,13H,2-3H2,1H3,(H,14,15)(H2,12,16,17). The largest absolute Gasteiger partial charge is 0.478 e. The summed E-state index contributed by atoms with van der Waals surface area (Å²) in [4.78, 5) is 10.7. The smallest absolute Gasteiger partial charge is 0.335 e. The molecule has 1 aromatic carbocycles. The van der Waals surface area contributed by atoms with Crippen LogP contribution in [0.15, 0.2) is 21.5 Å². The Kier molecular flexibility index (Phi) is 5.50. The topological polar surface area (TPSA) is 144 Å². The van der Waals surface area contributed by atoms with E-state index in [1.807, 2.05) is 0 Å². The summed E-state index contributed by atoms with van der Waals surface area (Å²) in [6, 6.07) is 2.30. The van der Waals surface area contributed by atoms with Gasteiger partial charge in [0.1, 0.15) is 0 Å². The summed E-state index contributed by atoms with van der Waals surface area (Å²) in [6.45, 7) is 1.13. The van der Waals surface area contributed by atoms with Crippen molar-refractivity contribution in [3.8, 4) is 0 Å². The van der Waals surface area contributed by atoms with Gasteiger partial charge in [0.2, 0.25) is 20.0 Å². The van der Waals surface area contributed by atoms with Gasteiger partial charge in [0.15, 0.2) is 0 Å². The first-order chi connectivity index (χ1) is 9.44. The summed E-state index contributed by atoms with van der Waals surface area (Å²) in [6.07, 6.45) is 0. The van der Waals surface area contributed by atoms with Crippen LogP contribution in [0.3, 0.4) is 0 Å². The van der Waals surface area contributed by atoms with Crippen molar-refractivity contribution in [3.05, 3.63) is 27.7 Å². The van der Waals surface area contributed by atoms with Crippen LogP contribution in [0.4, 0.5) is 0 Å². The number of aromatic carboxylic acids is 1. The van der Waals surface area contributed by atoms with Crippen molar-refractivity contribution < 1.29 is 26.7 Å². The molecule has 0 fully saturated rings. The lowest BCUT2D eigenvalue weighted by atomic mass is 10.1. The molecule has 0 aliphatic carbocycles. The number of nitrogens with one attached hydrogen (secondary N) is 1. The fourth-order valence-electron chi connectivity index (χ4n) is 1.45. The molecule has 0 aliphatic heterocycles. The van der Waals surface area contributed by atoms with Gasteiger partial charge in [0, 0.05) is 11.0 Å². The Balaban J connectivity index is 3.16. The van der Waals surface area contributed by atoms with Crippen LogP contribution in [0.1, 0.15) is 15.9 Å². The minimum Gasteiger partial charge on any atom is -0.478 e. The first kappa shape index (κ1) is 18.0. The molecule has 0 saturated heterocycles. The van der Waals surface area contributed by atoms with Crippen molar-refractivity contribution in [2.24, 2.45) is 5.14 Å². The SMILES string of the molecule is Cc1cc(C(=O)O)cc(S(=O)(=O)NCCS(N)(=O)=O)c1Br. The van der Waals surface area contributed by atoms with Gasteiger partial charge < -0.3 is 5.11 Å². The van der Waals surface area contributed by atoms with Gasteiger partial charge >= 0.3 is 5.97 Å². The van der Waals surface area contributed by atoms with Gasteiger partial charge in [-0.1, -0.05) is 0 Å². The molecule has 0 radical (unpaired) electrons. The van der Waals surface area contributed by atoms with Crippen LogP contribution < -0.4 is 9.86 Å². The summed E-state index contributed by atoms with van der Waals surface area (Å²) in [5.74, 6) is -1.84. The van der Waals surface area contributed by atoms with Crippen LogP contribution >= 0.6 is 15.9 Å². The van der Waals surface area contributed by atoms with Crippen molar-refractivity contribution in [3.63, 3.8) is 0 Å². The monoisotopic (exact) mass is 400 g/mol. The minimum atomic E-state index is -4.07. The summed E-state index contributed by atoms with van der Waals surface area (Å²) < 4.78 is 48.0. The molecule has 0 aliphatic rings. The second kappa shape index (κ2) is 6.40. The number of carbonyl (C=O) groups is 1. The number of rotatable bonds is 6. The highest BCUT2D eigenvalue weighted by atomic mass is 79.9. The zero-order valence-corrected chi connectivity index (χ0v) is 14.0. The molecule has 11 heteroatoms. The Hall–Kier alpha value is -1.01. The van der Waals surface area contributed by atoms with Gasteiger partial charge in [-0.15, -0.1) is 0 Å². The van der Waals surface area contributed by atoms with Crippen molar-refractivity contribution in [1.29, 1.82) is 0 Å². The van der Waals surface area contributed by atoms with E-state index in [9.17, 15) is 21.6 Å². The molecule has 118 valence electrons.